The summed E-state index contributed by atoms with van der Waals surface area (Å²) in [7, 11) is 3.94. The van der Waals surface area contributed by atoms with Gasteiger partial charge in [-0.05, 0) is 12.1 Å². The first-order chi connectivity index (χ1) is 12.7. The highest BCUT2D eigenvalue weighted by Crippen LogP contribution is 2.33. The molecule has 0 spiro atoms. The Morgan fingerprint density at radius 1 is 0.615 bits per heavy atom. The number of rotatable bonds is 2. The van der Waals surface area contributed by atoms with Gasteiger partial charge in [0.05, 0.1) is 35.1 Å². The molecule has 6 heteroatoms. The van der Waals surface area contributed by atoms with E-state index in [1.807, 2.05) is 60.1 Å². The molecular weight excluding hydrogens is 324 g/mol. The summed E-state index contributed by atoms with van der Waals surface area (Å²) in [5.74, 6) is 0. The lowest BCUT2D eigenvalue weighted by Gasteiger charge is -2.08. The zero-order chi connectivity index (χ0) is 17.7. The van der Waals surface area contributed by atoms with Crippen LogP contribution in [0.15, 0.2) is 61.7 Å². The number of nitrogens with zero attached hydrogens (tertiary/aromatic N) is 6. The highest BCUT2D eigenvalue weighted by atomic mass is 15.0. The first kappa shape index (κ1) is 14.8. The standard InChI is InChI=1S/C20H16N6/c1-25-9-17(23-11-25)13-5-7-21-19-15(13)3-4-16-14(6-8-22-20(16)19)18-10-26(2)12-24-18/h3-12H,1-2H3. The van der Waals surface area contributed by atoms with Crippen molar-refractivity contribution in [2.45, 2.75) is 0 Å². The number of hydrogen-bond acceptors (Lipinski definition) is 4. The van der Waals surface area contributed by atoms with Crippen LogP contribution < -0.4 is 0 Å². The third-order valence-corrected chi connectivity index (χ3v) is 4.58. The largest absolute Gasteiger partial charge is 0.340 e. The Kier molecular flexibility index (Phi) is 3.12. The average molecular weight is 340 g/mol. The molecule has 4 heterocycles. The molecule has 5 aromatic rings. The summed E-state index contributed by atoms with van der Waals surface area (Å²) in [4.78, 5) is 18.2. The molecule has 126 valence electrons. The average Bonchev–Trinajstić information content (AvgIpc) is 3.29. The van der Waals surface area contributed by atoms with Crippen LogP contribution in [0.4, 0.5) is 0 Å². The number of aromatic nitrogens is 6. The van der Waals surface area contributed by atoms with Gasteiger partial charge in [-0.15, -0.1) is 0 Å². The van der Waals surface area contributed by atoms with E-state index < -0.39 is 0 Å². The molecule has 0 saturated heterocycles. The van der Waals surface area contributed by atoms with Gasteiger partial charge in [-0.25, -0.2) is 9.97 Å². The van der Waals surface area contributed by atoms with Gasteiger partial charge in [0.25, 0.3) is 0 Å². The number of benzene rings is 1. The van der Waals surface area contributed by atoms with Gasteiger partial charge in [0, 0.05) is 60.8 Å². The van der Waals surface area contributed by atoms with Crippen molar-refractivity contribution in [2.24, 2.45) is 14.1 Å². The fourth-order valence-electron chi connectivity index (χ4n) is 3.38. The van der Waals surface area contributed by atoms with Crippen LogP contribution in [-0.2, 0) is 14.1 Å². The van der Waals surface area contributed by atoms with Crippen LogP contribution in [-0.4, -0.2) is 29.1 Å². The molecule has 0 unspecified atom stereocenters. The van der Waals surface area contributed by atoms with E-state index in [0.29, 0.717) is 0 Å². The van der Waals surface area contributed by atoms with E-state index in [1.54, 1.807) is 12.7 Å². The van der Waals surface area contributed by atoms with E-state index >= 15 is 0 Å². The van der Waals surface area contributed by atoms with E-state index in [4.69, 9.17) is 0 Å². The Morgan fingerprint density at radius 2 is 1.08 bits per heavy atom. The molecule has 0 radical (unpaired) electrons. The van der Waals surface area contributed by atoms with Crippen LogP contribution in [0.2, 0.25) is 0 Å². The normalized spacial score (nSPS) is 11.5. The van der Waals surface area contributed by atoms with Crippen LogP contribution in [0, 0.1) is 0 Å². The van der Waals surface area contributed by atoms with Crippen molar-refractivity contribution >= 4 is 21.8 Å². The quantitative estimate of drug-likeness (QED) is 0.461. The Labute approximate surface area is 149 Å². The van der Waals surface area contributed by atoms with E-state index in [-0.39, 0.29) is 0 Å². The molecule has 0 atom stereocenters. The van der Waals surface area contributed by atoms with Crippen molar-refractivity contribution in [3.8, 4) is 22.5 Å². The van der Waals surface area contributed by atoms with Crippen molar-refractivity contribution in [3.63, 3.8) is 0 Å². The van der Waals surface area contributed by atoms with Gasteiger partial charge in [0.2, 0.25) is 0 Å². The van der Waals surface area contributed by atoms with Gasteiger partial charge in [0.15, 0.2) is 0 Å². The summed E-state index contributed by atoms with van der Waals surface area (Å²) in [6.07, 6.45) is 11.3. The highest BCUT2D eigenvalue weighted by Gasteiger charge is 2.13. The molecule has 0 aliphatic carbocycles. The van der Waals surface area contributed by atoms with Gasteiger partial charge in [-0.1, -0.05) is 12.1 Å². The Bertz CT molecular complexity index is 1170. The molecule has 5 rings (SSSR count). The molecule has 0 aliphatic heterocycles. The number of aryl methyl sites for hydroxylation is 2. The third-order valence-electron chi connectivity index (χ3n) is 4.58. The zero-order valence-electron chi connectivity index (χ0n) is 14.5. The van der Waals surface area contributed by atoms with Crippen LogP contribution in [0.3, 0.4) is 0 Å². The van der Waals surface area contributed by atoms with Crippen LogP contribution in [0.25, 0.3) is 44.3 Å². The molecule has 6 nitrogen and oxygen atoms in total. The number of fused-ring (bicyclic) bond motifs is 3. The smallest absolute Gasteiger partial charge is 0.0971 e. The first-order valence-corrected chi connectivity index (χ1v) is 8.34. The van der Waals surface area contributed by atoms with E-state index in [1.165, 1.54) is 0 Å². The molecule has 0 fully saturated rings. The molecule has 4 aromatic heterocycles. The van der Waals surface area contributed by atoms with Crippen molar-refractivity contribution in [2.75, 3.05) is 0 Å². The summed E-state index contributed by atoms with van der Waals surface area (Å²) in [5, 5.41) is 2.09. The van der Waals surface area contributed by atoms with Crippen molar-refractivity contribution in [1.82, 2.24) is 29.1 Å². The van der Waals surface area contributed by atoms with Gasteiger partial charge in [0.1, 0.15) is 0 Å². The third kappa shape index (κ3) is 2.19. The Balaban J connectivity index is 1.81. The Hall–Kier alpha value is -3.54. The maximum absolute atomic E-state index is 4.62. The van der Waals surface area contributed by atoms with E-state index in [9.17, 15) is 0 Å². The second-order valence-electron chi connectivity index (χ2n) is 6.42. The predicted octanol–water partition coefficient (Wildman–Crippen LogP) is 3.58. The topological polar surface area (TPSA) is 61.4 Å². The van der Waals surface area contributed by atoms with Crippen LogP contribution >= 0.6 is 0 Å². The summed E-state index contributed by atoms with van der Waals surface area (Å²) in [6.45, 7) is 0. The minimum atomic E-state index is 0.878. The second kappa shape index (κ2) is 5.49. The molecule has 0 saturated carbocycles. The molecular formula is C20H16N6. The lowest BCUT2D eigenvalue weighted by molar-refractivity contribution is 0.913. The number of pyridine rings is 2. The molecule has 0 amide bonds. The first-order valence-electron chi connectivity index (χ1n) is 8.34. The highest BCUT2D eigenvalue weighted by molar-refractivity contribution is 6.11. The van der Waals surface area contributed by atoms with Gasteiger partial charge >= 0.3 is 0 Å². The van der Waals surface area contributed by atoms with Crippen LogP contribution in [0.1, 0.15) is 0 Å². The monoisotopic (exact) mass is 340 g/mol. The van der Waals surface area contributed by atoms with E-state index in [0.717, 1.165) is 44.3 Å². The molecule has 0 aliphatic rings. The van der Waals surface area contributed by atoms with Crippen molar-refractivity contribution in [1.29, 1.82) is 0 Å². The fraction of sp³-hybridized carbons (Fsp3) is 0.100. The van der Waals surface area contributed by atoms with Gasteiger partial charge in [-0.3, -0.25) is 9.97 Å². The SMILES string of the molecule is Cn1cnc(-c2ccnc3c2ccc2c(-c4cn(C)cn4)ccnc23)c1. The molecule has 0 N–H and O–H groups in total. The minimum absolute atomic E-state index is 0.878. The summed E-state index contributed by atoms with van der Waals surface area (Å²) in [6, 6.07) is 8.20. The molecule has 26 heavy (non-hydrogen) atoms. The van der Waals surface area contributed by atoms with Crippen molar-refractivity contribution in [3.05, 3.63) is 61.7 Å². The minimum Gasteiger partial charge on any atom is -0.340 e. The van der Waals surface area contributed by atoms with Gasteiger partial charge in [-0.2, -0.15) is 0 Å². The number of hydrogen-bond donors (Lipinski definition) is 0. The lowest BCUT2D eigenvalue weighted by Crippen LogP contribution is -1.90. The predicted molar refractivity (Wildman–Crippen MR) is 101 cm³/mol. The summed E-state index contributed by atoms with van der Waals surface area (Å²) >= 11 is 0. The fourth-order valence-corrected chi connectivity index (χ4v) is 3.38. The number of imidazole rings is 2. The lowest BCUT2D eigenvalue weighted by atomic mass is 10.0. The maximum atomic E-state index is 4.62. The Morgan fingerprint density at radius 3 is 1.46 bits per heavy atom. The summed E-state index contributed by atoms with van der Waals surface area (Å²) < 4.78 is 3.89. The zero-order valence-corrected chi connectivity index (χ0v) is 14.5. The van der Waals surface area contributed by atoms with E-state index in [2.05, 4.69) is 32.1 Å². The van der Waals surface area contributed by atoms with Crippen LogP contribution in [0.5, 0.6) is 0 Å². The van der Waals surface area contributed by atoms with Gasteiger partial charge < -0.3 is 9.13 Å². The second-order valence-corrected chi connectivity index (χ2v) is 6.42. The molecule has 0 bridgehead atoms. The summed E-state index contributed by atoms with van der Waals surface area (Å²) in [5.41, 5.74) is 5.73. The maximum Gasteiger partial charge on any atom is 0.0971 e. The van der Waals surface area contributed by atoms with Crippen molar-refractivity contribution < 1.29 is 0 Å². The molecule has 1 aromatic carbocycles.